The molecule has 0 saturated heterocycles. The van der Waals surface area contributed by atoms with E-state index in [1.54, 1.807) is 12.1 Å². The van der Waals surface area contributed by atoms with Crippen molar-refractivity contribution in [2.24, 2.45) is 0 Å². The first-order chi connectivity index (χ1) is 14.8. The van der Waals surface area contributed by atoms with E-state index in [4.69, 9.17) is 14.6 Å². The molecule has 31 heavy (non-hydrogen) atoms. The van der Waals surface area contributed by atoms with Crippen molar-refractivity contribution in [3.8, 4) is 22.6 Å². The highest BCUT2D eigenvalue weighted by Gasteiger charge is 2.51. The average molecular weight is 435 g/mol. The second-order valence-electron chi connectivity index (χ2n) is 7.71. The van der Waals surface area contributed by atoms with Gasteiger partial charge in [-0.1, -0.05) is 30.3 Å². The van der Waals surface area contributed by atoms with Gasteiger partial charge in [-0.2, -0.15) is 0 Å². The number of fused-ring (bicyclic) bond motifs is 1. The zero-order valence-electron chi connectivity index (χ0n) is 16.4. The van der Waals surface area contributed by atoms with Crippen LogP contribution in [0.2, 0.25) is 0 Å². The fourth-order valence-electron chi connectivity index (χ4n) is 3.82. The highest BCUT2D eigenvalue weighted by atomic mass is 32.2. The largest absolute Gasteiger partial charge is 0.454 e. The number of nitrogens with one attached hydrogen (secondary N) is 2. The SMILES string of the molecule is [NH]S(=O)(=O)c1ccc(-c2cccc(NC(=O)C3(c4ccc5c(c4)OCO5)CC3)c2)cc1. The van der Waals surface area contributed by atoms with Crippen molar-refractivity contribution in [2.75, 3.05) is 12.1 Å². The molecule has 0 spiro atoms. The molecule has 1 radical (unpaired) electrons. The Bertz CT molecular complexity index is 1280. The number of benzene rings is 3. The van der Waals surface area contributed by atoms with E-state index in [0.717, 1.165) is 29.5 Å². The zero-order chi connectivity index (χ0) is 21.6. The Morgan fingerprint density at radius 2 is 1.65 bits per heavy atom. The zero-order valence-corrected chi connectivity index (χ0v) is 17.2. The van der Waals surface area contributed by atoms with Gasteiger partial charge in [-0.25, -0.2) is 8.42 Å². The lowest BCUT2D eigenvalue weighted by Gasteiger charge is -2.17. The molecule has 0 atom stereocenters. The maximum Gasteiger partial charge on any atom is 0.254 e. The summed E-state index contributed by atoms with van der Waals surface area (Å²) < 4.78 is 33.5. The first-order valence-corrected chi connectivity index (χ1v) is 11.3. The van der Waals surface area contributed by atoms with Crippen LogP contribution in [0.5, 0.6) is 11.5 Å². The van der Waals surface area contributed by atoms with Crippen LogP contribution in [0, 0.1) is 0 Å². The number of ether oxygens (including phenoxy) is 2. The van der Waals surface area contributed by atoms with Gasteiger partial charge in [0.05, 0.1) is 10.3 Å². The number of hydrogen-bond donors (Lipinski definition) is 1. The molecule has 2 N–H and O–H groups in total. The fourth-order valence-corrected chi connectivity index (χ4v) is 4.31. The Kier molecular flexibility index (Phi) is 4.49. The maximum atomic E-state index is 13.1. The highest BCUT2D eigenvalue weighted by Crippen LogP contribution is 2.51. The molecule has 1 aliphatic heterocycles. The number of anilines is 1. The van der Waals surface area contributed by atoms with Crippen LogP contribution in [0.15, 0.2) is 71.6 Å². The number of rotatable bonds is 5. The number of sulfonamides is 1. The summed E-state index contributed by atoms with van der Waals surface area (Å²) >= 11 is 0. The summed E-state index contributed by atoms with van der Waals surface area (Å²) in [6, 6.07) is 19.1. The molecule has 5 rings (SSSR count). The molecule has 0 bridgehead atoms. The van der Waals surface area contributed by atoms with Gasteiger partial charge in [0.2, 0.25) is 12.7 Å². The molecule has 7 nitrogen and oxygen atoms in total. The normalized spacial score (nSPS) is 16.0. The molecule has 2 aliphatic rings. The molecule has 1 saturated carbocycles. The van der Waals surface area contributed by atoms with E-state index in [-0.39, 0.29) is 17.6 Å². The molecule has 1 heterocycles. The van der Waals surface area contributed by atoms with Gasteiger partial charge in [0.15, 0.2) is 11.5 Å². The molecule has 0 unspecified atom stereocenters. The number of amides is 1. The number of carbonyl (C=O) groups excluding carboxylic acids is 1. The van der Waals surface area contributed by atoms with Crippen LogP contribution in [-0.4, -0.2) is 21.1 Å². The van der Waals surface area contributed by atoms with Crippen molar-refractivity contribution in [1.29, 1.82) is 0 Å². The fraction of sp³-hybridized carbons (Fsp3) is 0.174. The molecule has 1 amide bonds. The van der Waals surface area contributed by atoms with Gasteiger partial charge in [-0.15, -0.1) is 5.14 Å². The van der Waals surface area contributed by atoms with E-state index in [0.29, 0.717) is 17.2 Å². The summed E-state index contributed by atoms with van der Waals surface area (Å²) in [6.45, 7) is 0.194. The van der Waals surface area contributed by atoms with Crippen molar-refractivity contribution in [1.82, 2.24) is 5.14 Å². The minimum atomic E-state index is -3.99. The number of carbonyl (C=O) groups is 1. The van der Waals surface area contributed by atoms with Crippen molar-refractivity contribution in [2.45, 2.75) is 23.2 Å². The first kappa shape index (κ1) is 19.6. The minimum Gasteiger partial charge on any atom is -0.454 e. The lowest BCUT2D eigenvalue weighted by Crippen LogP contribution is -2.27. The summed E-state index contributed by atoms with van der Waals surface area (Å²) in [6.07, 6.45) is 1.53. The van der Waals surface area contributed by atoms with Crippen LogP contribution in [-0.2, 0) is 20.2 Å². The van der Waals surface area contributed by atoms with E-state index >= 15 is 0 Å². The molecule has 0 aromatic heterocycles. The topological polar surface area (TPSA) is 106 Å². The Hall–Kier alpha value is -3.36. The van der Waals surface area contributed by atoms with Crippen LogP contribution in [0.3, 0.4) is 0 Å². The quantitative estimate of drug-likeness (QED) is 0.657. The highest BCUT2D eigenvalue weighted by molar-refractivity contribution is 7.88. The molecule has 3 aromatic carbocycles. The third kappa shape index (κ3) is 3.64. The van der Waals surface area contributed by atoms with Gasteiger partial charge in [-0.05, 0) is 65.9 Å². The van der Waals surface area contributed by atoms with Crippen molar-refractivity contribution in [3.63, 3.8) is 0 Å². The predicted octanol–water partition coefficient (Wildman–Crippen LogP) is 3.72. The lowest BCUT2D eigenvalue weighted by atomic mass is 9.94. The van der Waals surface area contributed by atoms with Gasteiger partial charge < -0.3 is 14.8 Å². The minimum absolute atomic E-state index is 0.0555. The van der Waals surface area contributed by atoms with Gasteiger partial charge in [0.1, 0.15) is 0 Å². The average Bonchev–Trinajstić information content (AvgIpc) is 3.44. The Morgan fingerprint density at radius 1 is 0.903 bits per heavy atom. The van der Waals surface area contributed by atoms with E-state index in [9.17, 15) is 13.2 Å². The molecular formula is C23H19N2O5S. The maximum absolute atomic E-state index is 13.1. The third-order valence-corrected chi connectivity index (χ3v) is 6.62. The molecule has 157 valence electrons. The van der Waals surface area contributed by atoms with Crippen LogP contribution < -0.4 is 19.9 Å². The van der Waals surface area contributed by atoms with Crippen LogP contribution in [0.1, 0.15) is 18.4 Å². The Morgan fingerprint density at radius 3 is 2.35 bits per heavy atom. The lowest BCUT2D eigenvalue weighted by molar-refractivity contribution is -0.118. The van der Waals surface area contributed by atoms with Crippen LogP contribution in [0.25, 0.3) is 11.1 Å². The second-order valence-corrected chi connectivity index (χ2v) is 9.19. The van der Waals surface area contributed by atoms with E-state index in [1.165, 1.54) is 12.1 Å². The van der Waals surface area contributed by atoms with E-state index in [2.05, 4.69) is 5.32 Å². The monoisotopic (exact) mass is 435 g/mol. The molecular weight excluding hydrogens is 416 g/mol. The second kappa shape index (κ2) is 7.11. The number of hydrogen-bond acceptors (Lipinski definition) is 5. The van der Waals surface area contributed by atoms with Gasteiger partial charge in [0.25, 0.3) is 10.0 Å². The first-order valence-electron chi connectivity index (χ1n) is 9.77. The molecule has 3 aromatic rings. The van der Waals surface area contributed by atoms with Gasteiger partial charge in [-0.3, -0.25) is 4.79 Å². The molecule has 8 heteroatoms. The van der Waals surface area contributed by atoms with Crippen molar-refractivity contribution < 1.29 is 22.7 Å². The molecule has 1 aliphatic carbocycles. The van der Waals surface area contributed by atoms with Crippen molar-refractivity contribution in [3.05, 3.63) is 72.3 Å². The van der Waals surface area contributed by atoms with Gasteiger partial charge in [0, 0.05) is 5.69 Å². The summed E-state index contributed by atoms with van der Waals surface area (Å²) in [5.74, 6) is 1.28. The summed E-state index contributed by atoms with van der Waals surface area (Å²) in [7, 11) is -3.99. The predicted molar refractivity (Wildman–Crippen MR) is 114 cm³/mol. The summed E-state index contributed by atoms with van der Waals surface area (Å²) in [5.41, 5.74) is 2.63. The standard InChI is InChI=1S/C23H19N2O5S/c24-31(27,28)19-7-4-15(5-8-19)16-2-1-3-18(12-16)25-22(26)23(10-11-23)17-6-9-20-21(13-17)30-14-29-20/h1-9,12-13,24H,10-11,14H2,(H,25,26). The van der Waals surface area contributed by atoms with E-state index < -0.39 is 15.4 Å². The summed E-state index contributed by atoms with van der Waals surface area (Å²) in [5, 5.41) is 10.2. The van der Waals surface area contributed by atoms with Crippen molar-refractivity contribution >= 4 is 21.6 Å². The smallest absolute Gasteiger partial charge is 0.254 e. The van der Waals surface area contributed by atoms with Crippen LogP contribution >= 0.6 is 0 Å². The molecule has 1 fully saturated rings. The summed E-state index contributed by atoms with van der Waals surface area (Å²) in [4.78, 5) is 13.1. The van der Waals surface area contributed by atoms with E-state index in [1.807, 2.05) is 42.5 Å². The Labute approximate surface area is 179 Å². The van der Waals surface area contributed by atoms with Crippen LogP contribution in [0.4, 0.5) is 5.69 Å². The van der Waals surface area contributed by atoms with Gasteiger partial charge >= 0.3 is 0 Å². The Balaban J connectivity index is 1.37. The third-order valence-electron chi connectivity index (χ3n) is 5.73.